The molecule has 4 heteroatoms. The van der Waals surface area contributed by atoms with Crippen molar-refractivity contribution in [3.05, 3.63) is 28.2 Å². The van der Waals surface area contributed by atoms with Crippen LogP contribution in [0.1, 0.15) is 39.2 Å². The lowest BCUT2D eigenvalue weighted by Crippen LogP contribution is -2.52. The van der Waals surface area contributed by atoms with Gasteiger partial charge in [0.1, 0.15) is 0 Å². The van der Waals surface area contributed by atoms with Gasteiger partial charge in [-0.3, -0.25) is 0 Å². The molecule has 1 aromatic carbocycles. The van der Waals surface area contributed by atoms with E-state index in [4.69, 9.17) is 4.74 Å². The fourth-order valence-corrected chi connectivity index (χ4v) is 3.59. The average Bonchev–Trinajstić information content (AvgIpc) is 3.17. The van der Waals surface area contributed by atoms with E-state index in [1.807, 2.05) is 0 Å². The zero-order valence-electron chi connectivity index (χ0n) is 13.2. The fraction of sp³-hybridized carbons (Fsp3) is 0.647. The Labute approximate surface area is 136 Å². The largest absolute Gasteiger partial charge is 0.369 e. The molecule has 0 amide bonds. The normalized spacial score (nSPS) is 25.1. The van der Waals surface area contributed by atoms with Crippen molar-refractivity contribution in [2.75, 3.05) is 18.0 Å². The Balaban J connectivity index is 1.82. The van der Waals surface area contributed by atoms with Crippen LogP contribution in [0.3, 0.4) is 0 Å². The molecule has 2 fully saturated rings. The molecule has 1 aliphatic heterocycles. The minimum Gasteiger partial charge on any atom is -0.369 e. The van der Waals surface area contributed by atoms with Crippen molar-refractivity contribution in [2.45, 2.75) is 57.9 Å². The summed E-state index contributed by atoms with van der Waals surface area (Å²) in [5.41, 5.74) is 2.63. The first-order chi connectivity index (χ1) is 9.93. The molecule has 3 nitrogen and oxygen atoms in total. The number of halogens is 1. The van der Waals surface area contributed by atoms with E-state index in [-0.39, 0.29) is 11.7 Å². The molecule has 2 aliphatic rings. The van der Waals surface area contributed by atoms with Crippen LogP contribution in [0.2, 0.25) is 0 Å². The number of morpholine rings is 1. The second kappa shape index (κ2) is 5.90. The zero-order valence-corrected chi connectivity index (χ0v) is 14.7. The highest BCUT2D eigenvalue weighted by Crippen LogP contribution is 2.31. The molecule has 1 saturated carbocycles. The van der Waals surface area contributed by atoms with Gasteiger partial charge < -0.3 is 15.0 Å². The summed E-state index contributed by atoms with van der Waals surface area (Å²) in [6, 6.07) is 7.36. The van der Waals surface area contributed by atoms with E-state index < -0.39 is 0 Å². The number of benzene rings is 1. The first kappa shape index (κ1) is 15.3. The average molecular weight is 353 g/mol. The number of nitrogens with zero attached hydrogens (tertiary/aromatic N) is 1. The number of rotatable bonds is 4. The first-order valence-electron chi connectivity index (χ1n) is 7.87. The summed E-state index contributed by atoms with van der Waals surface area (Å²) in [5.74, 6) is 0. The summed E-state index contributed by atoms with van der Waals surface area (Å²) in [5, 5.41) is 3.63. The van der Waals surface area contributed by atoms with Gasteiger partial charge in [-0.15, -0.1) is 0 Å². The van der Waals surface area contributed by atoms with Gasteiger partial charge in [-0.25, -0.2) is 0 Å². The smallest absolute Gasteiger partial charge is 0.0805 e. The Bertz CT molecular complexity index is 514. The highest BCUT2D eigenvalue weighted by atomic mass is 79.9. The highest BCUT2D eigenvalue weighted by molar-refractivity contribution is 9.10. The second-order valence-electron chi connectivity index (χ2n) is 7.00. The maximum absolute atomic E-state index is 6.03. The molecule has 1 heterocycles. The van der Waals surface area contributed by atoms with Gasteiger partial charge in [0.25, 0.3) is 0 Å². The molecule has 116 valence electrons. The van der Waals surface area contributed by atoms with Crippen molar-refractivity contribution in [3.63, 3.8) is 0 Å². The van der Waals surface area contributed by atoms with Crippen molar-refractivity contribution >= 4 is 21.6 Å². The van der Waals surface area contributed by atoms with Gasteiger partial charge in [0.05, 0.1) is 11.7 Å². The van der Waals surface area contributed by atoms with Gasteiger partial charge in [-0.05, 0) is 57.4 Å². The molecule has 1 atom stereocenters. The summed E-state index contributed by atoms with van der Waals surface area (Å²) < 4.78 is 7.18. The van der Waals surface area contributed by atoms with Gasteiger partial charge in [0, 0.05) is 35.8 Å². The molecule has 1 aliphatic carbocycles. The Hall–Kier alpha value is -0.580. The molecule has 0 spiro atoms. The maximum Gasteiger partial charge on any atom is 0.0805 e. The third-order valence-electron chi connectivity index (χ3n) is 4.11. The van der Waals surface area contributed by atoms with E-state index in [9.17, 15) is 0 Å². The van der Waals surface area contributed by atoms with Gasteiger partial charge in [0.15, 0.2) is 0 Å². The van der Waals surface area contributed by atoms with Crippen LogP contribution in [0.5, 0.6) is 0 Å². The predicted molar refractivity (Wildman–Crippen MR) is 90.8 cm³/mol. The van der Waals surface area contributed by atoms with E-state index in [1.165, 1.54) is 24.1 Å². The lowest BCUT2D eigenvalue weighted by atomic mass is 10.0. The SMILES string of the molecule is CC1CN(c2ccc(Br)cc2CNC2CC2)CC(C)(C)O1. The molecule has 1 unspecified atom stereocenters. The van der Waals surface area contributed by atoms with Crippen LogP contribution in [-0.2, 0) is 11.3 Å². The fourth-order valence-electron chi connectivity index (χ4n) is 3.18. The zero-order chi connectivity index (χ0) is 15.0. The molecular formula is C17H25BrN2O. The summed E-state index contributed by atoms with van der Waals surface area (Å²) >= 11 is 3.61. The monoisotopic (exact) mass is 352 g/mol. The van der Waals surface area contributed by atoms with Gasteiger partial charge >= 0.3 is 0 Å². The molecule has 0 radical (unpaired) electrons. The van der Waals surface area contributed by atoms with Crippen LogP contribution in [0.4, 0.5) is 5.69 Å². The number of nitrogens with one attached hydrogen (secondary N) is 1. The van der Waals surface area contributed by atoms with Crippen molar-refractivity contribution in [2.24, 2.45) is 0 Å². The molecule has 3 rings (SSSR count). The third kappa shape index (κ3) is 3.99. The highest BCUT2D eigenvalue weighted by Gasteiger charge is 2.32. The van der Waals surface area contributed by atoms with Gasteiger partial charge in [-0.1, -0.05) is 15.9 Å². The minimum absolute atomic E-state index is 0.0913. The summed E-state index contributed by atoms with van der Waals surface area (Å²) in [4.78, 5) is 2.48. The van der Waals surface area contributed by atoms with E-state index in [0.29, 0.717) is 0 Å². The van der Waals surface area contributed by atoms with E-state index in [1.54, 1.807) is 0 Å². The Morgan fingerprint density at radius 2 is 2.14 bits per heavy atom. The Kier molecular flexibility index (Phi) is 4.30. The quantitative estimate of drug-likeness (QED) is 0.893. The van der Waals surface area contributed by atoms with Crippen LogP contribution in [0.15, 0.2) is 22.7 Å². The second-order valence-corrected chi connectivity index (χ2v) is 7.91. The Morgan fingerprint density at radius 1 is 1.38 bits per heavy atom. The third-order valence-corrected chi connectivity index (χ3v) is 4.60. The number of hydrogen-bond acceptors (Lipinski definition) is 3. The van der Waals surface area contributed by atoms with Crippen molar-refractivity contribution in [1.29, 1.82) is 0 Å². The molecule has 1 N–H and O–H groups in total. The van der Waals surface area contributed by atoms with Gasteiger partial charge in [0.2, 0.25) is 0 Å². The topological polar surface area (TPSA) is 24.5 Å². The van der Waals surface area contributed by atoms with Crippen LogP contribution in [-0.4, -0.2) is 30.8 Å². The van der Waals surface area contributed by atoms with Crippen molar-refractivity contribution in [1.82, 2.24) is 5.32 Å². The van der Waals surface area contributed by atoms with E-state index >= 15 is 0 Å². The summed E-state index contributed by atoms with van der Waals surface area (Å²) in [6.07, 6.45) is 2.91. The maximum atomic E-state index is 6.03. The summed E-state index contributed by atoms with van der Waals surface area (Å²) in [7, 11) is 0. The number of ether oxygens (including phenoxy) is 1. The van der Waals surface area contributed by atoms with Crippen LogP contribution in [0.25, 0.3) is 0 Å². The molecule has 1 saturated heterocycles. The van der Waals surface area contributed by atoms with Crippen LogP contribution >= 0.6 is 15.9 Å². The van der Waals surface area contributed by atoms with Crippen LogP contribution < -0.4 is 10.2 Å². The number of anilines is 1. The van der Waals surface area contributed by atoms with Crippen LogP contribution in [0, 0.1) is 0 Å². The molecule has 0 bridgehead atoms. The molecule has 21 heavy (non-hydrogen) atoms. The minimum atomic E-state index is -0.0913. The molecule has 0 aromatic heterocycles. The first-order valence-corrected chi connectivity index (χ1v) is 8.67. The van der Waals surface area contributed by atoms with Gasteiger partial charge in [-0.2, -0.15) is 0 Å². The lowest BCUT2D eigenvalue weighted by molar-refractivity contribution is -0.0750. The van der Waals surface area contributed by atoms with Crippen molar-refractivity contribution < 1.29 is 4.74 Å². The lowest BCUT2D eigenvalue weighted by Gasteiger charge is -2.43. The number of hydrogen-bond donors (Lipinski definition) is 1. The van der Waals surface area contributed by atoms with Crippen molar-refractivity contribution in [3.8, 4) is 0 Å². The van der Waals surface area contributed by atoms with E-state index in [0.717, 1.165) is 30.1 Å². The standard InChI is InChI=1S/C17H25BrN2O/c1-12-10-20(11-17(2,3)21-12)16-7-4-14(18)8-13(16)9-19-15-5-6-15/h4,7-8,12,15,19H,5-6,9-11H2,1-3H3. The predicted octanol–water partition coefficient (Wildman–Crippen LogP) is 3.70. The molecular weight excluding hydrogens is 328 g/mol. The Morgan fingerprint density at radius 3 is 2.81 bits per heavy atom. The summed E-state index contributed by atoms with van der Waals surface area (Å²) in [6.45, 7) is 9.37. The molecule has 1 aromatic rings. The van der Waals surface area contributed by atoms with E-state index in [2.05, 4.69) is 65.1 Å².